The minimum absolute atomic E-state index is 0.481. The van der Waals surface area contributed by atoms with E-state index in [0.29, 0.717) is 6.42 Å². The van der Waals surface area contributed by atoms with Crippen molar-refractivity contribution in [3.63, 3.8) is 0 Å². The van der Waals surface area contributed by atoms with Gasteiger partial charge in [0.15, 0.2) is 0 Å². The molecule has 0 atom stereocenters. The van der Waals surface area contributed by atoms with Crippen molar-refractivity contribution in [2.45, 2.75) is 23.1 Å². The molecule has 0 aliphatic carbocycles. The van der Waals surface area contributed by atoms with E-state index in [9.17, 15) is 4.79 Å². The van der Waals surface area contributed by atoms with Crippen LogP contribution in [0.4, 0.5) is 0 Å². The fourth-order valence-electron chi connectivity index (χ4n) is 1.59. The molecule has 0 aliphatic heterocycles. The Balaban J connectivity index is 2.21. The van der Waals surface area contributed by atoms with Crippen molar-refractivity contribution in [1.82, 2.24) is 0 Å². The van der Waals surface area contributed by atoms with Crippen LogP contribution in [0.25, 0.3) is 0 Å². The van der Waals surface area contributed by atoms with E-state index in [4.69, 9.17) is 0 Å². The first-order valence-electron chi connectivity index (χ1n) is 6.39. The van der Waals surface area contributed by atoms with Gasteiger partial charge in [-0.2, -0.15) is 0 Å². The molecule has 0 unspecified atom stereocenters. The van der Waals surface area contributed by atoms with E-state index in [1.807, 2.05) is 43.3 Å². The summed E-state index contributed by atoms with van der Waals surface area (Å²) in [5.74, 6) is 0. The molecule has 20 heavy (non-hydrogen) atoms. The maximum atomic E-state index is 10.8. The van der Waals surface area contributed by atoms with Crippen molar-refractivity contribution >= 4 is 29.8 Å². The summed E-state index contributed by atoms with van der Waals surface area (Å²) in [5, 5.41) is 0. The van der Waals surface area contributed by atoms with Crippen molar-refractivity contribution in [3.8, 4) is 0 Å². The van der Waals surface area contributed by atoms with E-state index in [1.165, 1.54) is 14.0 Å². The van der Waals surface area contributed by atoms with Crippen LogP contribution >= 0.6 is 23.5 Å². The van der Waals surface area contributed by atoms with Crippen LogP contribution in [0.15, 0.2) is 80.3 Å². The summed E-state index contributed by atoms with van der Waals surface area (Å²) in [4.78, 5) is 13.2. The molecule has 3 heteroatoms. The van der Waals surface area contributed by atoms with E-state index in [-0.39, 0.29) is 0 Å². The van der Waals surface area contributed by atoms with Crippen molar-refractivity contribution in [1.29, 1.82) is 0 Å². The topological polar surface area (TPSA) is 17.1 Å². The maximum absolute atomic E-state index is 10.8. The minimum Gasteiger partial charge on any atom is -0.303 e. The highest BCUT2D eigenvalue weighted by molar-refractivity contribution is 8.22. The summed E-state index contributed by atoms with van der Waals surface area (Å²) in [5.41, 5.74) is 1.11. The van der Waals surface area contributed by atoms with Crippen LogP contribution in [-0.4, -0.2) is 6.29 Å². The fourth-order valence-corrected chi connectivity index (χ4v) is 3.87. The van der Waals surface area contributed by atoms with Gasteiger partial charge >= 0.3 is 0 Å². The Labute approximate surface area is 128 Å². The first-order valence-corrected chi connectivity index (χ1v) is 8.02. The molecule has 1 nitrogen and oxygen atoms in total. The predicted octanol–water partition coefficient (Wildman–Crippen LogP) is 5.39. The van der Waals surface area contributed by atoms with E-state index in [1.54, 1.807) is 23.5 Å². The van der Waals surface area contributed by atoms with Crippen molar-refractivity contribution < 1.29 is 4.79 Å². The zero-order valence-electron chi connectivity index (χ0n) is 11.3. The van der Waals surface area contributed by atoms with Crippen molar-refractivity contribution in [3.05, 3.63) is 70.5 Å². The first kappa shape index (κ1) is 14.9. The molecular weight excluding hydrogens is 284 g/mol. The van der Waals surface area contributed by atoms with Crippen molar-refractivity contribution in [2.24, 2.45) is 0 Å². The highest BCUT2D eigenvalue weighted by Gasteiger charge is 2.07. The Kier molecular flexibility index (Phi) is 5.96. The number of thioether (sulfide) groups is 2. The molecule has 0 saturated carbocycles. The second-order valence-electron chi connectivity index (χ2n) is 4.27. The average molecular weight is 300 g/mol. The molecule has 0 spiro atoms. The van der Waals surface area contributed by atoms with E-state index in [0.717, 1.165) is 11.9 Å². The number of carbonyl (C=O) groups is 1. The third-order valence-corrected chi connectivity index (χ3v) is 5.23. The molecule has 0 N–H and O–H groups in total. The molecule has 2 aromatic carbocycles. The van der Waals surface area contributed by atoms with Crippen LogP contribution in [-0.2, 0) is 4.79 Å². The van der Waals surface area contributed by atoms with Gasteiger partial charge in [-0.1, -0.05) is 59.9 Å². The Morgan fingerprint density at radius 2 is 1.35 bits per heavy atom. The molecule has 0 saturated heterocycles. The molecule has 0 amide bonds. The molecule has 102 valence electrons. The van der Waals surface area contributed by atoms with Gasteiger partial charge in [-0.05, 0) is 36.8 Å². The normalized spacial score (nSPS) is 10.1. The lowest BCUT2D eigenvalue weighted by molar-refractivity contribution is -0.107. The maximum Gasteiger partial charge on any atom is 0.124 e. The fraction of sp³-hybridized carbons (Fsp3) is 0.118. The van der Waals surface area contributed by atoms with Gasteiger partial charge < -0.3 is 4.79 Å². The van der Waals surface area contributed by atoms with Crippen LogP contribution in [0.2, 0.25) is 0 Å². The van der Waals surface area contributed by atoms with Crippen LogP contribution in [0, 0.1) is 0 Å². The first-order chi connectivity index (χ1) is 9.79. The summed E-state index contributed by atoms with van der Waals surface area (Å²) in [6.45, 7) is 2.02. The zero-order chi connectivity index (χ0) is 14.2. The lowest BCUT2D eigenvalue weighted by Crippen LogP contribution is -1.84. The third kappa shape index (κ3) is 4.58. The van der Waals surface area contributed by atoms with Crippen molar-refractivity contribution in [2.75, 3.05) is 0 Å². The number of hydrogen-bond donors (Lipinski definition) is 0. The highest BCUT2D eigenvalue weighted by Crippen LogP contribution is 2.41. The number of carbonyl (C=O) groups excluding carboxylic acids is 1. The summed E-state index contributed by atoms with van der Waals surface area (Å²) in [7, 11) is 0. The van der Waals surface area contributed by atoms with Crippen LogP contribution < -0.4 is 0 Å². The highest BCUT2D eigenvalue weighted by atomic mass is 32.2. The van der Waals surface area contributed by atoms with E-state index >= 15 is 0 Å². The molecule has 0 bridgehead atoms. The van der Waals surface area contributed by atoms with Gasteiger partial charge in [0.05, 0.1) is 0 Å². The Hall–Kier alpha value is -1.45. The summed E-state index contributed by atoms with van der Waals surface area (Å²) in [6, 6.07) is 20.5. The Morgan fingerprint density at radius 1 is 0.900 bits per heavy atom. The molecular formula is C17H16OS2. The molecule has 0 radical (unpaired) electrons. The Bertz CT molecular complexity index is 533. The SMILES string of the molecule is CC(CC=O)=C(Sc1ccccc1)Sc1ccccc1. The molecule has 2 rings (SSSR count). The monoisotopic (exact) mass is 300 g/mol. The smallest absolute Gasteiger partial charge is 0.124 e. The number of allylic oxidation sites excluding steroid dienone is 1. The van der Waals surface area contributed by atoms with Gasteiger partial charge in [0.25, 0.3) is 0 Å². The lowest BCUT2D eigenvalue weighted by Gasteiger charge is -2.10. The summed E-state index contributed by atoms with van der Waals surface area (Å²) < 4.78 is 1.18. The molecule has 0 heterocycles. The Morgan fingerprint density at radius 3 is 1.75 bits per heavy atom. The van der Waals surface area contributed by atoms with Gasteiger partial charge in [-0.3, -0.25) is 0 Å². The number of rotatable bonds is 6. The van der Waals surface area contributed by atoms with Gasteiger partial charge in [-0.15, -0.1) is 0 Å². The van der Waals surface area contributed by atoms with Crippen LogP contribution in [0.5, 0.6) is 0 Å². The molecule has 0 aliphatic rings. The zero-order valence-corrected chi connectivity index (χ0v) is 12.9. The number of hydrogen-bond acceptors (Lipinski definition) is 3. The predicted molar refractivity (Wildman–Crippen MR) is 88.0 cm³/mol. The van der Waals surface area contributed by atoms with Gasteiger partial charge in [-0.25, -0.2) is 0 Å². The molecule has 2 aromatic rings. The minimum atomic E-state index is 0.481. The quantitative estimate of drug-likeness (QED) is 0.526. The van der Waals surface area contributed by atoms with Crippen LogP contribution in [0.3, 0.4) is 0 Å². The molecule has 0 fully saturated rings. The second-order valence-corrected chi connectivity index (χ2v) is 6.69. The lowest BCUT2D eigenvalue weighted by atomic mass is 10.3. The summed E-state index contributed by atoms with van der Waals surface area (Å²) in [6.07, 6.45) is 1.45. The van der Waals surface area contributed by atoms with Crippen LogP contribution in [0.1, 0.15) is 13.3 Å². The standard InChI is InChI=1S/C17H16OS2/c1-14(12-13-18)17(19-15-8-4-2-5-9-15)20-16-10-6-3-7-11-16/h2-11,13H,12H2,1H3. The largest absolute Gasteiger partial charge is 0.303 e. The average Bonchev–Trinajstić information content (AvgIpc) is 2.49. The van der Waals surface area contributed by atoms with E-state index in [2.05, 4.69) is 24.3 Å². The third-order valence-electron chi connectivity index (χ3n) is 2.65. The number of benzene rings is 2. The second kappa shape index (κ2) is 7.98. The number of aldehydes is 1. The van der Waals surface area contributed by atoms with Gasteiger partial charge in [0, 0.05) is 20.4 Å². The van der Waals surface area contributed by atoms with E-state index < -0.39 is 0 Å². The summed E-state index contributed by atoms with van der Waals surface area (Å²) >= 11 is 3.43. The molecule has 0 aromatic heterocycles. The van der Waals surface area contributed by atoms with Gasteiger partial charge in [0.2, 0.25) is 0 Å². The van der Waals surface area contributed by atoms with Gasteiger partial charge in [0.1, 0.15) is 6.29 Å².